The number of ether oxygens (including phenoxy) is 1. The third-order valence-corrected chi connectivity index (χ3v) is 21.1. The molecule has 1 aromatic heterocycles. The van der Waals surface area contributed by atoms with Gasteiger partial charge in [0.25, 0.3) is 5.91 Å². The van der Waals surface area contributed by atoms with E-state index in [0.29, 0.717) is 55.7 Å². The molecule has 582 valence electrons. The Morgan fingerprint density at radius 1 is 0.393 bits per heavy atom. The van der Waals surface area contributed by atoms with E-state index >= 15 is 0 Å². The average molecular weight is 1530 g/mol. The minimum Gasteiger partial charge on any atom is -0.484 e. The quantitative estimate of drug-likeness (QED) is 0.0535. The zero-order valence-electron chi connectivity index (χ0n) is 64.5. The Hall–Kier alpha value is -11.8. The molecule has 8 amide bonds. The van der Waals surface area contributed by atoms with Gasteiger partial charge in [0, 0.05) is 91.1 Å². The molecule has 0 aliphatic carbocycles. The molecule has 8 atom stereocenters. The highest BCUT2D eigenvalue weighted by Crippen LogP contribution is 2.37. The summed E-state index contributed by atoms with van der Waals surface area (Å²) in [6, 6.07) is 77.9. The van der Waals surface area contributed by atoms with Gasteiger partial charge in [-0.25, -0.2) is 0 Å². The van der Waals surface area contributed by atoms with Gasteiger partial charge in [0.1, 0.15) is 54.6 Å². The van der Waals surface area contributed by atoms with E-state index in [-0.39, 0.29) is 85.2 Å². The number of carboxylic acid groups (broad SMARTS) is 1. The van der Waals surface area contributed by atoms with E-state index in [4.69, 9.17) is 21.4 Å². The van der Waals surface area contributed by atoms with Crippen molar-refractivity contribution >= 4 is 64.8 Å². The van der Waals surface area contributed by atoms with Gasteiger partial charge in [0.05, 0.1) is 6.42 Å². The minimum absolute atomic E-state index is 0.0278. The Morgan fingerprint density at radius 3 is 1.08 bits per heavy atom. The Kier molecular flexibility index (Phi) is 30.1. The fraction of sp³-hybridized carbons (Fsp3) is 0.319. The number of hydrogen-bond donors (Lipinski definition) is 1. The first-order valence-electron chi connectivity index (χ1n) is 38.3. The number of likely N-dealkylation sites (N-methyl/N-ethyl adjacent to an activating group) is 4. The molecule has 0 spiro atoms. The zero-order chi connectivity index (χ0) is 79.6. The molecule has 8 aromatic carbocycles. The van der Waals surface area contributed by atoms with Crippen LogP contribution >= 0.6 is 11.6 Å². The summed E-state index contributed by atoms with van der Waals surface area (Å²) < 4.78 is 5.74. The van der Waals surface area contributed by atoms with Crippen molar-refractivity contribution in [2.75, 3.05) is 34.8 Å². The number of nitrogens with zero attached hydrogens (tertiary/aromatic N) is 9. The lowest BCUT2D eigenvalue weighted by atomic mass is 10.0. The normalized spacial score (nSPS) is 19.2. The molecular formula is C91H100ClN9O11. The molecule has 1 N–H and O–H groups in total. The van der Waals surface area contributed by atoms with Crippen LogP contribution in [0, 0.1) is 0 Å². The number of carboxylic acids is 1. The van der Waals surface area contributed by atoms with Gasteiger partial charge in [0.2, 0.25) is 41.4 Å². The van der Waals surface area contributed by atoms with Gasteiger partial charge in [0.15, 0.2) is 6.61 Å². The number of halogens is 1. The third-order valence-electron chi connectivity index (χ3n) is 20.9. The topological polar surface area (TPSA) is 222 Å². The summed E-state index contributed by atoms with van der Waals surface area (Å²) in [7, 11) is 7.07. The highest BCUT2D eigenvalue weighted by Gasteiger charge is 2.50. The number of aryl methyl sites for hydroxylation is 3. The molecule has 5 heterocycles. The van der Waals surface area contributed by atoms with Crippen molar-refractivity contribution < 1.29 is 53.0 Å². The van der Waals surface area contributed by atoms with Gasteiger partial charge in [-0.3, -0.25) is 48.1 Å². The van der Waals surface area contributed by atoms with Crippen molar-refractivity contribution in [3.63, 3.8) is 0 Å². The van der Waals surface area contributed by atoms with Crippen LogP contribution in [0.4, 0.5) is 0 Å². The maximum absolute atomic E-state index is 13.4. The first-order valence-corrected chi connectivity index (χ1v) is 38.7. The molecule has 4 aliphatic rings. The number of para-hydroxylation sites is 1. The number of carbonyl (C=O) groups excluding carboxylic acids is 8. The van der Waals surface area contributed by atoms with Crippen LogP contribution in [-0.2, 0) is 88.1 Å². The Balaban J connectivity index is 0.000000159. The van der Waals surface area contributed by atoms with Crippen LogP contribution in [0.15, 0.2) is 261 Å². The molecule has 0 bridgehead atoms. The molecule has 4 aliphatic heterocycles. The number of carbonyl (C=O) groups is 9. The lowest BCUT2D eigenvalue weighted by molar-refractivity contribution is -0.142. The number of benzene rings is 8. The van der Waals surface area contributed by atoms with Crippen LogP contribution in [0.5, 0.6) is 5.75 Å². The summed E-state index contributed by atoms with van der Waals surface area (Å²) in [5, 5.41) is 9.60. The Morgan fingerprint density at radius 2 is 0.723 bits per heavy atom. The molecular weight excluding hydrogens is 1430 g/mol. The van der Waals surface area contributed by atoms with Crippen LogP contribution in [-0.4, -0.2) is 180 Å². The van der Waals surface area contributed by atoms with E-state index in [1.54, 1.807) is 80.0 Å². The Bertz CT molecular complexity index is 4540. The standard InChI is InChI=1S/C27H28N2O3.C23H26N2O4.C23H28N2O2.C18H18ClN3O2/c1-28-25(18-17-21-11-5-2-6-12-21)29(26(30)20-32-23-15-9-4-10-16-23)24(27(28)31)19-22-13-7-3-8-14-22;1-24-20(13-12-17-8-4-2-5-9-17)25(21(26)14-15-22(27)28)19(23(24)29)16-18-10-6-3-7-11-18;1-3-10-22(26)25-20(17-19-13-8-5-9-14-19)23(27)24(2)21(25)16-15-18-11-6-4-7-12-18;1-12(23)22-16(10-13-4-3-9-20-11-13)18(24)21(2)17(22)14-5-7-15(19)8-6-14/h2-16,24-25H,17-20H2,1H3;2-11,19-20H,12-16H2,1H3,(H,27,28);4-9,11-14,20-21H,3,10,15-17H2,1-2H3;3-9,11,16-17H,10H2,1-2H3/t24-,25?;;;/m1.../s1. The number of aliphatic carboxylic acids is 1. The number of aromatic nitrogens is 1. The number of hydrogen-bond acceptors (Lipinski definition) is 11. The molecule has 0 saturated carbocycles. The van der Waals surface area contributed by atoms with Gasteiger partial charge < -0.3 is 49.0 Å². The first-order chi connectivity index (χ1) is 54.2. The predicted molar refractivity (Wildman–Crippen MR) is 431 cm³/mol. The second-order valence-electron chi connectivity index (χ2n) is 28.5. The monoisotopic (exact) mass is 1530 g/mol. The highest BCUT2D eigenvalue weighted by molar-refractivity contribution is 6.30. The SMILES string of the molecule is CC(=O)N1C(Cc2cccnc2)C(=O)N(C)C1c1ccc(Cl)cc1.CCCC(=O)N1C(Cc2ccccc2)C(=O)N(C)C1CCc1ccccc1.CN1C(=O)C(Cc2ccccc2)N(C(=O)CCC(=O)O)C1CCc1ccccc1.CN1C(=O)[C@@H](Cc2ccccc2)N(C(=O)COc2ccccc2)C1CCc1ccccc1. The van der Waals surface area contributed by atoms with Crippen molar-refractivity contribution in [1.29, 1.82) is 0 Å². The summed E-state index contributed by atoms with van der Waals surface area (Å²) in [6.45, 7) is 3.40. The smallest absolute Gasteiger partial charge is 0.303 e. The van der Waals surface area contributed by atoms with Gasteiger partial charge >= 0.3 is 5.97 Å². The summed E-state index contributed by atoms with van der Waals surface area (Å²) in [5.41, 5.74) is 8.43. The number of amides is 8. The fourth-order valence-corrected chi connectivity index (χ4v) is 15.3. The van der Waals surface area contributed by atoms with Crippen LogP contribution < -0.4 is 4.74 Å². The lowest BCUT2D eigenvalue weighted by Crippen LogP contribution is -2.47. The molecule has 9 aromatic rings. The number of pyridine rings is 1. The average Bonchev–Trinajstić information content (AvgIpc) is 1.90. The second-order valence-corrected chi connectivity index (χ2v) is 28.9. The molecule has 13 rings (SSSR count). The maximum Gasteiger partial charge on any atom is 0.303 e. The van der Waals surface area contributed by atoms with Crippen molar-refractivity contribution in [3.8, 4) is 5.75 Å². The van der Waals surface area contributed by atoms with E-state index in [1.165, 1.54) is 18.1 Å². The van der Waals surface area contributed by atoms with Crippen LogP contribution in [0.2, 0.25) is 5.02 Å². The van der Waals surface area contributed by atoms with Crippen LogP contribution in [0.3, 0.4) is 0 Å². The van der Waals surface area contributed by atoms with Crippen molar-refractivity contribution in [3.05, 3.63) is 311 Å². The zero-order valence-corrected chi connectivity index (χ0v) is 65.2. The fourth-order valence-electron chi connectivity index (χ4n) is 15.2. The van der Waals surface area contributed by atoms with E-state index in [0.717, 1.165) is 65.5 Å². The van der Waals surface area contributed by atoms with Crippen molar-refractivity contribution in [2.24, 2.45) is 0 Å². The third kappa shape index (κ3) is 21.8. The largest absolute Gasteiger partial charge is 0.484 e. The van der Waals surface area contributed by atoms with Crippen molar-refractivity contribution in [2.45, 2.75) is 153 Å². The molecule has 0 radical (unpaired) electrons. The summed E-state index contributed by atoms with van der Waals surface area (Å²) in [6.07, 6.45) is 9.37. The van der Waals surface area contributed by atoms with E-state index < -0.39 is 36.3 Å². The lowest BCUT2D eigenvalue weighted by Gasteiger charge is -2.30. The van der Waals surface area contributed by atoms with Gasteiger partial charge in [-0.05, 0) is 120 Å². The first kappa shape index (κ1) is 82.7. The summed E-state index contributed by atoms with van der Waals surface area (Å²) >= 11 is 5.95. The molecule has 20 nitrogen and oxygen atoms in total. The van der Waals surface area contributed by atoms with Gasteiger partial charge in [-0.15, -0.1) is 0 Å². The summed E-state index contributed by atoms with van der Waals surface area (Å²) in [5.74, 6) is -1.06. The van der Waals surface area contributed by atoms with Gasteiger partial charge in [-0.2, -0.15) is 0 Å². The van der Waals surface area contributed by atoms with E-state index in [1.807, 2.05) is 231 Å². The number of rotatable bonds is 26. The van der Waals surface area contributed by atoms with Crippen molar-refractivity contribution in [1.82, 2.24) is 44.2 Å². The van der Waals surface area contributed by atoms with E-state index in [2.05, 4.69) is 29.2 Å². The minimum atomic E-state index is -1.02. The molecule has 4 fully saturated rings. The second kappa shape index (κ2) is 40.8. The predicted octanol–water partition coefficient (Wildman–Crippen LogP) is 13.0. The molecule has 21 heteroatoms. The Labute approximate surface area is 662 Å². The molecule has 112 heavy (non-hydrogen) atoms. The summed E-state index contributed by atoms with van der Waals surface area (Å²) in [4.78, 5) is 132. The molecule has 4 saturated heterocycles. The van der Waals surface area contributed by atoms with E-state index in [9.17, 15) is 43.2 Å². The maximum atomic E-state index is 13.4. The van der Waals surface area contributed by atoms with Crippen LogP contribution in [0.1, 0.15) is 109 Å². The van der Waals surface area contributed by atoms with Crippen LogP contribution in [0.25, 0.3) is 0 Å². The van der Waals surface area contributed by atoms with Gasteiger partial charge in [-0.1, -0.05) is 237 Å². The highest BCUT2D eigenvalue weighted by atomic mass is 35.5. The molecule has 7 unspecified atom stereocenters.